The standard InChI is InChI=1S/C16H21NO3/c18-15(16(19)8-4-1-5-9-16)17-14-11-20-10-12-6-2-3-7-13(12)14/h2-3,6-7,14,19H,1,4-5,8-11H2,(H,17,18). The van der Waals surface area contributed by atoms with Crippen molar-refractivity contribution in [3.8, 4) is 0 Å². The normalized spacial score (nSPS) is 24.8. The van der Waals surface area contributed by atoms with Crippen molar-refractivity contribution >= 4 is 5.91 Å². The molecule has 4 nitrogen and oxygen atoms in total. The molecule has 0 spiro atoms. The van der Waals surface area contributed by atoms with Gasteiger partial charge in [-0.3, -0.25) is 4.79 Å². The third kappa shape index (κ3) is 2.58. The van der Waals surface area contributed by atoms with Crippen LogP contribution < -0.4 is 5.32 Å². The van der Waals surface area contributed by atoms with Crippen LogP contribution in [0.3, 0.4) is 0 Å². The summed E-state index contributed by atoms with van der Waals surface area (Å²) in [4.78, 5) is 12.4. The Balaban J connectivity index is 1.74. The second-order valence-electron chi connectivity index (χ2n) is 5.83. The van der Waals surface area contributed by atoms with Gasteiger partial charge in [-0.2, -0.15) is 0 Å². The minimum atomic E-state index is -1.19. The summed E-state index contributed by atoms with van der Waals surface area (Å²) < 4.78 is 5.53. The highest BCUT2D eigenvalue weighted by Gasteiger charge is 2.38. The maximum absolute atomic E-state index is 12.4. The van der Waals surface area contributed by atoms with Crippen molar-refractivity contribution in [2.75, 3.05) is 6.61 Å². The van der Waals surface area contributed by atoms with Gasteiger partial charge < -0.3 is 15.2 Å². The summed E-state index contributed by atoms with van der Waals surface area (Å²) in [6.45, 7) is 1.06. The van der Waals surface area contributed by atoms with Gasteiger partial charge in [0.2, 0.25) is 0 Å². The second-order valence-corrected chi connectivity index (χ2v) is 5.83. The average molecular weight is 275 g/mol. The number of carbonyl (C=O) groups is 1. The van der Waals surface area contributed by atoms with Gasteiger partial charge in [-0.05, 0) is 24.0 Å². The minimum Gasteiger partial charge on any atom is -0.380 e. The number of nitrogens with one attached hydrogen (secondary N) is 1. The number of amides is 1. The molecule has 0 aromatic heterocycles. The van der Waals surface area contributed by atoms with Crippen LogP contribution in [0.25, 0.3) is 0 Å². The Labute approximate surface area is 119 Å². The van der Waals surface area contributed by atoms with E-state index in [0.717, 1.165) is 30.4 Å². The van der Waals surface area contributed by atoms with Gasteiger partial charge in [-0.1, -0.05) is 43.5 Å². The van der Waals surface area contributed by atoms with Crippen LogP contribution in [0.4, 0.5) is 0 Å². The van der Waals surface area contributed by atoms with E-state index in [1.54, 1.807) is 0 Å². The SMILES string of the molecule is O=C(NC1COCc2ccccc21)C1(O)CCCCC1. The van der Waals surface area contributed by atoms with E-state index in [9.17, 15) is 9.90 Å². The van der Waals surface area contributed by atoms with Gasteiger partial charge in [-0.15, -0.1) is 0 Å². The molecule has 0 radical (unpaired) electrons. The topological polar surface area (TPSA) is 58.6 Å². The number of carbonyl (C=O) groups excluding carboxylic acids is 1. The Morgan fingerprint density at radius 2 is 2.00 bits per heavy atom. The molecule has 0 saturated heterocycles. The minimum absolute atomic E-state index is 0.154. The predicted molar refractivity (Wildman–Crippen MR) is 75.0 cm³/mol. The third-order valence-electron chi connectivity index (χ3n) is 4.38. The lowest BCUT2D eigenvalue weighted by atomic mass is 9.84. The number of hydrogen-bond acceptors (Lipinski definition) is 3. The van der Waals surface area contributed by atoms with E-state index < -0.39 is 5.60 Å². The van der Waals surface area contributed by atoms with Gasteiger partial charge in [0, 0.05) is 0 Å². The zero-order valence-corrected chi connectivity index (χ0v) is 11.6. The van der Waals surface area contributed by atoms with Crippen molar-refractivity contribution in [2.45, 2.75) is 50.4 Å². The highest BCUT2D eigenvalue weighted by Crippen LogP contribution is 2.30. The maximum atomic E-state index is 12.4. The quantitative estimate of drug-likeness (QED) is 0.868. The van der Waals surface area contributed by atoms with Crippen molar-refractivity contribution in [1.82, 2.24) is 5.32 Å². The van der Waals surface area contributed by atoms with E-state index in [1.807, 2.05) is 24.3 Å². The average Bonchev–Trinajstić information content (AvgIpc) is 2.48. The fourth-order valence-electron chi connectivity index (χ4n) is 3.16. The zero-order chi connectivity index (χ0) is 14.0. The van der Waals surface area contributed by atoms with E-state index in [2.05, 4.69) is 5.32 Å². The molecule has 4 heteroatoms. The Bertz CT molecular complexity index is 494. The third-order valence-corrected chi connectivity index (χ3v) is 4.38. The van der Waals surface area contributed by atoms with E-state index in [-0.39, 0.29) is 11.9 Å². The fraction of sp³-hybridized carbons (Fsp3) is 0.562. The number of ether oxygens (including phenoxy) is 1. The molecule has 3 rings (SSSR count). The molecule has 20 heavy (non-hydrogen) atoms. The first kappa shape index (κ1) is 13.6. The van der Waals surface area contributed by atoms with Gasteiger partial charge >= 0.3 is 0 Å². The summed E-state index contributed by atoms with van der Waals surface area (Å²) in [5.41, 5.74) is 1.02. The second kappa shape index (κ2) is 5.54. The van der Waals surface area contributed by atoms with Crippen LogP contribution in [-0.2, 0) is 16.1 Å². The molecular weight excluding hydrogens is 254 g/mol. The molecule has 2 N–H and O–H groups in total. The molecular formula is C16H21NO3. The molecule has 2 aliphatic rings. The first-order valence-electron chi connectivity index (χ1n) is 7.38. The molecule has 1 saturated carbocycles. The van der Waals surface area contributed by atoms with Crippen LogP contribution in [0, 0.1) is 0 Å². The van der Waals surface area contributed by atoms with Crippen LogP contribution in [0.1, 0.15) is 49.3 Å². The number of rotatable bonds is 2. The van der Waals surface area contributed by atoms with Crippen LogP contribution in [-0.4, -0.2) is 23.2 Å². The Hall–Kier alpha value is -1.39. The molecule has 1 aliphatic heterocycles. The van der Waals surface area contributed by atoms with Crippen molar-refractivity contribution < 1.29 is 14.6 Å². The summed E-state index contributed by atoms with van der Waals surface area (Å²) in [5, 5.41) is 13.4. The predicted octanol–water partition coefficient (Wildman–Crippen LogP) is 2.07. The van der Waals surface area contributed by atoms with E-state index in [4.69, 9.17) is 4.74 Å². The number of aliphatic hydroxyl groups is 1. The smallest absolute Gasteiger partial charge is 0.252 e. The Morgan fingerprint density at radius 3 is 2.80 bits per heavy atom. The Morgan fingerprint density at radius 1 is 1.25 bits per heavy atom. The molecule has 1 atom stereocenters. The van der Waals surface area contributed by atoms with Gasteiger partial charge in [0.1, 0.15) is 5.60 Å². The van der Waals surface area contributed by atoms with E-state index >= 15 is 0 Å². The molecule has 1 unspecified atom stereocenters. The molecule has 1 amide bonds. The van der Waals surface area contributed by atoms with Crippen molar-refractivity contribution in [1.29, 1.82) is 0 Å². The highest BCUT2D eigenvalue weighted by atomic mass is 16.5. The number of hydrogen-bond donors (Lipinski definition) is 2. The molecule has 0 bridgehead atoms. The fourth-order valence-corrected chi connectivity index (χ4v) is 3.16. The number of benzene rings is 1. The van der Waals surface area contributed by atoms with Crippen LogP contribution in [0.2, 0.25) is 0 Å². The summed E-state index contributed by atoms with van der Waals surface area (Å²) >= 11 is 0. The number of fused-ring (bicyclic) bond motifs is 1. The van der Waals surface area contributed by atoms with Gasteiger partial charge in [-0.25, -0.2) is 0 Å². The highest BCUT2D eigenvalue weighted by molar-refractivity contribution is 5.85. The van der Waals surface area contributed by atoms with Gasteiger partial charge in [0.05, 0.1) is 19.3 Å². The largest absolute Gasteiger partial charge is 0.380 e. The lowest BCUT2D eigenvalue weighted by molar-refractivity contribution is -0.144. The van der Waals surface area contributed by atoms with Crippen LogP contribution in [0.15, 0.2) is 24.3 Å². The maximum Gasteiger partial charge on any atom is 0.252 e. The van der Waals surface area contributed by atoms with Gasteiger partial charge in [0.15, 0.2) is 0 Å². The molecule has 1 aliphatic carbocycles. The molecule has 1 heterocycles. The molecule has 108 valence electrons. The summed E-state index contributed by atoms with van der Waals surface area (Å²) in [7, 11) is 0. The first-order valence-corrected chi connectivity index (χ1v) is 7.38. The summed E-state index contributed by atoms with van der Waals surface area (Å²) in [6.07, 6.45) is 4.07. The molecule has 1 aromatic rings. The summed E-state index contributed by atoms with van der Waals surface area (Å²) in [6, 6.07) is 7.83. The lowest BCUT2D eigenvalue weighted by Gasteiger charge is -2.34. The molecule has 1 aromatic carbocycles. The monoisotopic (exact) mass is 275 g/mol. The van der Waals surface area contributed by atoms with Crippen molar-refractivity contribution in [3.63, 3.8) is 0 Å². The van der Waals surface area contributed by atoms with Crippen LogP contribution in [0.5, 0.6) is 0 Å². The Kier molecular flexibility index (Phi) is 3.76. The lowest BCUT2D eigenvalue weighted by Crippen LogP contribution is -2.50. The van der Waals surface area contributed by atoms with E-state index in [0.29, 0.717) is 26.1 Å². The summed E-state index contributed by atoms with van der Waals surface area (Å²) in [5.74, 6) is -0.248. The van der Waals surface area contributed by atoms with Crippen molar-refractivity contribution in [2.24, 2.45) is 0 Å². The molecule has 1 fully saturated rings. The van der Waals surface area contributed by atoms with Crippen LogP contribution >= 0.6 is 0 Å². The van der Waals surface area contributed by atoms with Gasteiger partial charge in [0.25, 0.3) is 5.91 Å². The zero-order valence-electron chi connectivity index (χ0n) is 11.6. The first-order chi connectivity index (χ1) is 9.69. The van der Waals surface area contributed by atoms with Crippen molar-refractivity contribution in [3.05, 3.63) is 35.4 Å². The van der Waals surface area contributed by atoms with E-state index in [1.165, 1.54) is 0 Å².